The molecule has 0 saturated carbocycles. The molecule has 1 aromatic heterocycles. The molecule has 2 heterocycles. The highest BCUT2D eigenvalue weighted by Crippen LogP contribution is 2.29. The van der Waals surface area contributed by atoms with E-state index in [1.807, 2.05) is 31.2 Å². The number of anilines is 1. The van der Waals surface area contributed by atoms with Crippen molar-refractivity contribution in [1.82, 2.24) is 14.7 Å². The van der Waals surface area contributed by atoms with Crippen LogP contribution in [0.25, 0.3) is 5.69 Å². The number of nitrogens with zero attached hydrogens (tertiary/aromatic N) is 4. The summed E-state index contributed by atoms with van der Waals surface area (Å²) in [6.45, 7) is 4.77. The summed E-state index contributed by atoms with van der Waals surface area (Å²) in [4.78, 5) is 17.2. The van der Waals surface area contributed by atoms with Crippen LogP contribution in [0.5, 0.6) is 11.5 Å². The molecule has 1 aliphatic heterocycles. The van der Waals surface area contributed by atoms with Gasteiger partial charge in [0.25, 0.3) is 5.91 Å². The van der Waals surface area contributed by atoms with Crippen LogP contribution in [0.1, 0.15) is 17.4 Å². The van der Waals surface area contributed by atoms with Gasteiger partial charge >= 0.3 is 0 Å². The highest BCUT2D eigenvalue weighted by Gasteiger charge is 2.28. The summed E-state index contributed by atoms with van der Waals surface area (Å²) >= 11 is 0. The van der Waals surface area contributed by atoms with Crippen molar-refractivity contribution in [3.8, 4) is 17.2 Å². The molecule has 1 saturated heterocycles. The number of aromatic nitrogens is 2. The molecular formula is C23H25FN4O3. The lowest BCUT2D eigenvalue weighted by atomic mass is 10.2. The minimum Gasteiger partial charge on any atom is -0.495 e. The van der Waals surface area contributed by atoms with Gasteiger partial charge < -0.3 is 19.3 Å². The second-order valence-corrected chi connectivity index (χ2v) is 7.15. The Kier molecular flexibility index (Phi) is 6.06. The third-order valence-electron chi connectivity index (χ3n) is 5.27. The molecule has 0 N–H and O–H groups in total. The predicted molar refractivity (Wildman–Crippen MR) is 116 cm³/mol. The van der Waals surface area contributed by atoms with Gasteiger partial charge in [0.1, 0.15) is 11.6 Å². The molecule has 162 valence electrons. The molecule has 2 aromatic carbocycles. The monoisotopic (exact) mass is 424 g/mol. The summed E-state index contributed by atoms with van der Waals surface area (Å²) in [6, 6.07) is 13.8. The molecule has 0 bridgehead atoms. The average molecular weight is 424 g/mol. The maximum Gasteiger partial charge on any atom is 0.278 e. The Morgan fingerprint density at radius 3 is 2.42 bits per heavy atom. The van der Waals surface area contributed by atoms with Gasteiger partial charge in [0, 0.05) is 26.2 Å². The van der Waals surface area contributed by atoms with Crippen molar-refractivity contribution >= 4 is 11.6 Å². The number of hydrogen-bond acceptors (Lipinski definition) is 5. The quantitative estimate of drug-likeness (QED) is 0.607. The number of rotatable bonds is 6. The van der Waals surface area contributed by atoms with E-state index in [2.05, 4.69) is 10.00 Å². The van der Waals surface area contributed by atoms with Crippen LogP contribution in [0, 0.1) is 5.82 Å². The van der Waals surface area contributed by atoms with Crippen molar-refractivity contribution in [2.75, 3.05) is 44.8 Å². The van der Waals surface area contributed by atoms with Crippen molar-refractivity contribution in [1.29, 1.82) is 0 Å². The normalized spacial score (nSPS) is 13.9. The number of carbonyl (C=O) groups excluding carboxylic acids is 1. The van der Waals surface area contributed by atoms with Crippen LogP contribution in [-0.4, -0.2) is 60.5 Å². The maximum absolute atomic E-state index is 13.3. The predicted octanol–water partition coefficient (Wildman–Crippen LogP) is 3.38. The molecule has 1 amide bonds. The molecule has 1 aliphatic rings. The van der Waals surface area contributed by atoms with Crippen LogP contribution in [0.4, 0.5) is 10.1 Å². The van der Waals surface area contributed by atoms with E-state index in [1.165, 1.54) is 12.1 Å². The fraction of sp³-hybridized carbons (Fsp3) is 0.304. The lowest BCUT2D eigenvalue weighted by Gasteiger charge is -2.36. The number of amides is 1. The number of benzene rings is 2. The van der Waals surface area contributed by atoms with Gasteiger partial charge in [-0.2, -0.15) is 5.10 Å². The lowest BCUT2D eigenvalue weighted by Crippen LogP contribution is -2.49. The number of carbonyl (C=O) groups is 1. The zero-order valence-corrected chi connectivity index (χ0v) is 17.6. The van der Waals surface area contributed by atoms with Crippen molar-refractivity contribution < 1.29 is 18.7 Å². The molecule has 0 aliphatic carbocycles. The van der Waals surface area contributed by atoms with E-state index in [4.69, 9.17) is 9.47 Å². The van der Waals surface area contributed by atoms with Gasteiger partial charge in [0.2, 0.25) is 0 Å². The Morgan fingerprint density at radius 1 is 1.03 bits per heavy atom. The van der Waals surface area contributed by atoms with E-state index in [-0.39, 0.29) is 17.4 Å². The number of hydrogen-bond donors (Lipinski definition) is 0. The fourth-order valence-corrected chi connectivity index (χ4v) is 3.68. The second kappa shape index (κ2) is 9.07. The zero-order valence-electron chi connectivity index (χ0n) is 17.6. The standard InChI is InChI=1S/C23H25FN4O3/c1-3-31-21-16-28(18-10-8-17(24)9-11-18)25-22(21)23(29)27-14-12-26(13-15-27)19-6-4-5-7-20(19)30-2/h4-11,16H,3,12-15H2,1-2H3. The fourth-order valence-electron chi connectivity index (χ4n) is 3.68. The Bertz CT molecular complexity index is 1040. The van der Waals surface area contributed by atoms with E-state index >= 15 is 0 Å². The molecule has 3 aromatic rings. The molecule has 0 atom stereocenters. The lowest BCUT2D eigenvalue weighted by molar-refractivity contribution is 0.0736. The van der Waals surface area contributed by atoms with Crippen molar-refractivity contribution in [2.45, 2.75) is 6.92 Å². The Morgan fingerprint density at radius 2 is 1.74 bits per heavy atom. The summed E-state index contributed by atoms with van der Waals surface area (Å²) < 4.78 is 25.9. The summed E-state index contributed by atoms with van der Waals surface area (Å²) in [7, 11) is 1.66. The van der Waals surface area contributed by atoms with Crippen LogP contribution in [0.3, 0.4) is 0 Å². The van der Waals surface area contributed by atoms with Gasteiger partial charge in [-0.3, -0.25) is 4.79 Å². The number of para-hydroxylation sites is 2. The zero-order chi connectivity index (χ0) is 21.8. The van der Waals surface area contributed by atoms with E-state index in [1.54, 1.807) is 35.0 Å². The largest absolute Gasteiger partial charge is 0.495 e. The van der Waals surface area contributed by atoms with E-state index in [9.17, 15) is 9.18 Å². The van der Waals surface area contributed by atoms with Crippen molar-refractivity contribution in [2.24, 2.45) is 0 Å². The SMILES string of the molecule is CCOc1cn(-c2ccc(F)cc2)nc1C(=O)N1CCN(c2ccccc2OC)CC1. The Labute approximate surface area is 180 Å². The first-order valence-electron chi connectivity index (χ1n) is 10.3. The molecule has 0 spiro atoms. The van der Waals surface area contributed by atoms with Gasteiger partial charge in [-0.05, 0) is 43.3 Å². The van der Waals surface area contributed by atoms with Gasteiger partial charge in [0.05, 0.1) is 31.3 Å². The molecule has 4 rings (SSSR count). The third kappa shape index (κ3) is 4.33. The highest BCUT2D eigenvalue weighted by molar-refractivity contribution is 5.95. The van der Waals surface area contributed by atoms with Crippen LogP contribution in [-0.2, 0) is 0 Å². The first kappa shape index (κ1) is 20.7. The Balaban J connectivity index is 1.51. The summed E-state index contributed by atoms with van der Waals surface area (Å²) in [5, 5.41) is 4.45. The molecule has 1 fully saturated rings. The second-order valence-electron chi connectivity index (χ2n) is 7.15. The van der Waals surface area contributed by atoms with Crippen LogP contribution < -0.4 is 14.4 Å². The smallest absolute Gasteiger partial charge is 0.278 e. The summed E-state index contributed by atoms with van der Waals surface area (Å²) in [6.07, 6.45) is 1.66. The first-order chi connectivity index (χ1) is 15.1. The highest BCUT2D eigenvalue weighted by atomic mass is 19.1. The molecule has 31 heavy (non-hydrogen) atoms. The minimum absolute atomic E-state index is 0.177. The van der Waals surface area contributed by atoms with Gasteiger partial charge in [-0.15, -0.1) is 0 Å². The topological polar surface area (TPSA) is 59.8 Å². The van der Waals surface area contributed by atoms with Gasteiger partial charge in [-0.1, -0.05) is 12.1 Å². The number of piperazine rings is 1. The van der Waals surface area contributed by atoms with Crippen molar-refractivity contribution in [3.05, 3.63) is 66.2 Å². The van der Waals surface area contributed by atoms with Crippen molar-refractivity contribution in [3.63, 3.8) is 0 Å². The molecule has 7 nitrogen and oxygen atoms in total. The number of ether oxygens (including phenoxy) is 2. The molecule has 8 heteroatoms. The maximum atomic E-state index is 13.3. The van der Waals surface area contributed by atoms with Gasteiger partial charge in [-0.25, -0.2) is 9.07 Å². The van der Waals surface area contributed by atoms with Crippen LogP contribution in [0.15, 0.2) is 54.7 Å². The molecule has 0 unspecified atom stereocenters. The molecular weight excluding hydrogens is 399 g/mol. The van der Waals surface area contributed by atoms with E-state index < -0.39 is 0 Å². The van der Waals surface area contributed by atoms with Crippen LogP contribution in [0.2, 0.25) is 0 Å². The Hall–Kier alpha value is -3.55. The minimum atomic E-state index is -0.329. The first-order valence-corrected chi connectivity index (χ1v) is 10.3. The number of halogens is 1. The molecule has 0 radical (unpaired) electrons. The van der Waals surface area contributed by atoms with E-state index in [0.29, 0.717) is 44.2 Å². The third-order valence-corrected chi connectivity index (χ3v) is 5.27. The summed E-state index contributed by atoms with van der Waals surface area (Å²) in [5.41, 5.74) is 1.94. The average Bonchev–Trinajstić information content (AvgIpc) is 3.23. The summed E-state index contributed by atoms with van der Waals surface area (Å²) in [5.74, 6) is 0.733. The van der Waals surface area contributed by atoms with Crippen LogP contribution >= 0.6 is 0 Å². The number of methoxy groups -OCH3 is 1. The van der Waals surface area contributed by atoms with E-state index in [0.717, 1.165) is 11.4 Å². The van der Waals surface area contributed by atoms with Gasteiger partial charge in [0.15, 0.2) is 11.4 Å².